The van der Waals surface area contributed by atoms with E-state index in [9.17, 15) is 9.59 Å². The number of methoxy groups -OCH3 is 2. The molecule has 2 rings (SSSR count). The maximum absolute atomic E-state index is 12.2. The summed E-state index contributed by atoms with van der Waals surface area (Å²) < 4.78 is 16.2. The number of esters is 1. The first kappa shape index (κ1) is 18.8. The standard InChI is InChI=1S/C18H18BrNO5/c1-23-14-7-13(8-15(9-14)24-2)18(22)20-10-17(21)25-11-12-5-3-4-6-16(12)19/h3-9H,10-11H2,1-2H3,(H,20,22). The molecule has 0 spiro atoms. The minimum Gasteiger partial charge on any atom is -0.497 e. The summed E-state index contributed by atoms with van der Waals surface area (Å²) in [6.45, 7) is -0.105. The Balaban J connectivity index is 1.89. The van der Waals surface area contributed by atoms with Crippen LogP contribution in [0.4, 0.5) is 0 Å². The van der Waals surface area contributed by atoms with Crippen LogP contribution in [0, 0.1) is 0 Å². The van der Waals surface area contributed by atoms with Gasteiger partial charge in [-0.25, -0.2) is 0 Å². The van der Waals surface area contributed by atoms with Gasteiger partial charge in [0.05, 0.1) is 14.2 Å². The Hall–Kier alpha value is -2.54. The highest BCUT2D eigenvalue weighted by Gasteiger charge is 2.12. The van der Waals surface area contributed by atoms with E-state index in [0.29, 0.717) is 17.1 Å². The van der Waals surface area contributed by atoms with Gasteiger partial charge >= 0.3 is 5.97 Å². The van der Waals surface area contributed by atoms with Crippen LogP contribution in [0.1, 0.15) is 15.9 Å². The largest absolute Gasteiger partial charge is 0.497 e. The molecule has 0 fully saturated rings. The van der Waals surface area contributed by atoms with Gasteiger partial charge in [0.25, 0.3) is 5.91 Å². The summed E-state index contributed by atoms with van der Waals surface area (Å²) in [7, 11) is 2.99. The maximum atomic E-state index is 12.2. The number of halogens is 1. The molecule has 0 atom stereocenters. The number of rotatable bonds is 7. The maximum Gasteiger partial charge on any atom is 0.325 e. The Morgan fingerprint density at radius 1 is 1.04 bits per heavy atom. The molecule has 2 aromatic rings. The average Bonchev–Trinajstić information content (AvgIpc) is 2.64. The molecule has 0 saturated carbocycles. The molecule has 0 bridgehead atoms. The molecule has 1 amide bonds. The summed E-state index contributed by atoms with van der Waals surface area (Å²) in [6, 6.07) is 12.2. The highest BCUT2D eigenvalue weighted by atomic mass is 79.9. The van der Waals surface area contributed by atoms with E-state index in [4.69, 9.17) is 14.2 Å². The molecule has 0 radical (unpaired) electrons. The predicted molar refractivity (Wildman–Crippen MR) is 95.8 cm³/mol. The van der Waals surface area contributed by atoms with Gasteiger partial charge in [0.15, 0.2) is 0 Å². The first-order chi connectivity index (χ1) is 12.0. The molecule has 2 aromatic carbocycles. The summed E-state index contributed by atoms with van der Waals surface area (Å²) in [5.74, 6) is 0.0241. The molecule has 0 aliphatic rings. The van der Waals surface area contributed by atoms with Crippen molar-refractivity contribution in [3.63, 3.8) is 0 Å². The normalized spacial score (nSPS) is 10.0. The second-order valence-corrected chi connectivity index (χ2v) is 5.89. The van der Waals surface area contributed by atoms with Crippen LogP contribution in [0.5, 0.6) is 11.5 Å². The van der Waals surface area contributed by atoms with Crippen LogP contribution < -0.4 is 14.8 Å². The van der Waals surface area contributed by atoms with E-state index in [2.05, 4.69) is 21.2 Å². The van der Waals surface area contributed by atoms with E-state index in [-0.39, 0.29) is 13.2 Å². The molecule has 132 valence electrons. The molecule has 0 saturated heterocycles. The van der Waals surface area contributed by atoms with Gasteiger partial charge in [0.1, 0.15) is 24.7 Å². The quantitative estimate of drug-likeness (QED) is 0.714. The lowest BCUT2D eigenvalue weighted by molar-refractivity contribution is -0.143. The average molecular weight is 408 g/mol. The van der Waals surface area contributed by atoms with Gasteiger partial charge in [-0.1, -0.05) is 34.1 Å². The topological polar surface area (TPSA) is 73.9 Å². The van der Waals surface area contributed by atoms with Crippen LogP contribution >= 0.6 is 15.9 Å². The molecule has 0 unspecified atom stereocenters. The first-order valence-electron chi connectivity index (χ1n) is 7.43. The number of hydrogen-bond donors (Lipinski definition) is 1. The Kier molecular flexibility index (Phi) is 6.82. The first-order valence-corrected chi connectivity index (χ1v) is 8.23. The molecule has 6 nitrogen and oxygen atoms in total. The lowest BCUT2D eigenvalue weighted by Crippen LogP contribution is -2.30. The van der Waals surface area contributed by atoms with E-state index in [1.165, 1.54) is 14.2 Å². The number of benzene rings is 2. The van der Waals surface area contributed by atoms with Crippen molar-refractivity contribution in [1.29, 1.82) is 0 Å². The van der Waals surface area contributed by atoms with Crippen LogP contribution in [0.25, 0.3) is 0 Å². The summed E-state index contributed by atoms with van der Waals surface area (Å²) in [4.78, 5) is 24.0. The number of nitrogens with one attached hydrogen (secondary N) is 1. The zero-order valence-electron chi connectivity index (χ0n) is 13.9. The van der Waals surface area contributed by atoms with Crippen molar-refractivity contribution in [2.75, 3.05) is 20.8 Å². The van der Waals surface area contributed by atoms with Crippen molar-refractivity contribution < 1.29 is 23.8 Å². The molecule has 0 aliphatic heterocycles. The lowest BCUT2D eigenvalue weighted by atomic mass is 10.2. The fraction of sp³-hybridized carbons (Fsp3) is 0.222. The third-order valence-electron chi connectivity index (χ3n) is 3.35. The highest BCUT2D eigenvalue weighted by Crippen LogP contribution is 2.22. The minimum absolute atomic E-state index is 0.128. The Bertz CT molecular complexity index is 741. The van der Waals surface area contributed by atoms with Crippen LogP contribution in [0.3, 0.4) is 0 Å². The van der Waals surface area contributed by atoms with Crippen molar-refractivity contribution >= 4 is 27.8 Å². The van der Waals surface area contributed by atoms with E-state index in [1.807, 2.05) is 24.3 Å². The summed E-state index contributed by atoms with van der Waals surface area (Å²) in [5, 5.41) is 2.52. The van der Waals surface area contributed by atoms with Crippen molar-refractivity contribution in [2.45, 2.75) is 6.61 Å². The molecular formula is C18H18BrNO5. The summed E-state index contributed by atoms with van der Waals surface area (Å²) in [5.41, 5.74) is 1.18. The Labute approximate surface area is 154 Å². The van der Waals surface area contributed by atoms with Crippen LogP contribution in [0.15, 0.2) is 46.9 Å². The van der Waals surface area contributed by atoms with Crippen molar-refractivity contribution in [1.82, 2.24) is 5.32 Å². The van der Waals surface area contributed by atoms with Crippen molar-refractivity contribution in [2.24, 2.45) is 0 Å². The summed E-state index contributed by atoms with van der Waals surface area (Å²) in [6.07, 6.45) is 0. The number of hydrogen-bond acceptors (Lipinski definition) is 5. The fourth-order valence-corrected chi connectivity index (χ4v) is 2.42. The third-order valence-corrected chi connectivity index (χ3v) is 4.13. The Morgan fingerprint density at radius 3 is 2.28 bits per heavy atom. The zero-order chi connectivity index (χ0) is 18.2. The van der Waals surface area contributed by atoms with Gasteiger partial charge < -0.3 is 19.5 Å². The van der Waals surface area contributed by atoms with Gasteiger partial charge in [-0.05, 0) is 18.2 Å². The van der Waals surface area contributed by atoms with Gasteiger partial charge in [-0.2, -0.15) is 0 Å². The third kappa shape index (κ3) is 5.49. The van der Waals surface area contributed by atoms with E-state index >= 15 is 0 Å². The molecule has 25 heavy (non-hydrogen) atoms. The van der Waals surface area contributed by atoms with Crippen molar-refractivity contribution in [3.05, 3.63) is 58.1 Å². The number of ether oxygens (including phenoxy) is 3. The van der Waals surface area contributed by atoms with Crippen molar-refractivity contribution in [3.8, 4) is 11.5 Å². The number of amides is 1. The molecule has 1 N–H and O–H groups in total. The van der Waals surface area contributed by atoms with E-state index in [1.54, 1.807) is 18.2 Å². The summed E-state index contributed by atoms with van der Waals surface area (Å²) >= 11 is 3.38. The molecule has 0 aliphatic carbocycles. The van der Waals surface area contributed by atoms with E-state index in [0.717, 1.165) is 10.0 Å². The SMILES string of the molecule is COc1cc(OC)cc(C(=O)NCC(=O)OCc2ccccc2Br)c1. The monoisotopic (exact) mass is 407 g/mol. The highest BCUT2D eigenvalue weighted by molar-refractivity contribution is 9.10. The number of carbonyl (C=O) groups excluding carboxylic acids is 2. The van der Waals surface area contributed by atoms with Gasteiger partial charge in [-0.3, -0.25) is 9.59 Å². The molecular weight excluding hydrogens is 390 g/mol. The predicted octanol–water partition coefficient (Wildman–Crippen LogP) is 2.94. The van der Waals surface area contributed by atoms with Crippen LogP contribution in [-0.4, -0.2) is 32.6 Å². The smallest absolute Gasteiger partial charge is 0.325 e. The van der Waals surface area contributed by atoms with Gasteiger partial charge in [-0.15, -0.1) is 0 Å². The van der Waals surface area contributed by atoms with E-state index < -0.39 is 11.9 Å². The van der Waals surface area contributed by atoms with Gasteiger partial charge in [0, 0.05) is 21.7 Å². The number of carbonyl (C=O) groups is 2. The molecule has 0 heterocycles. The molecule has 0 aromatic heterocycles. The second kappa shape index (κ2) is 9.08. The Morgan fingerprint density at radius 2 is 1.68 bits per heavy atom. The zero-order valence-corrected chi connectivity index (χ0v) is 15.5. The van der Waals surface area contributed by atoms with Crippen LogP contribution in [-0.2, 0) is 16.1 Å². The lowest BCUT2D eigenvalue weighted by Gasteiger charge is -2.10. The van der Waals surface area contributed by atoms with Crippen LogP contribution in [0.2, 0.25) is 0 Å². The second-order valence-electron chi connectivity index (χ2n) is 5.04. The molecule has 7 heteroatoms. The minimum atomic E-state index is -0.529. The fourth-order valence-electron chi connectivity index (χ4n) is 2.02. The van der Waals surface area contributed by atoms with Gasteiger partial charge in [0.2, 0.25) is 0 Å².